The van der Waals surface area contributed by atoms with Crippen LogP contribution in [0.3, 0.4) is 0 Å². The van der Waals surface area contributed by atoms with Crippen molar-refractivity contribution in [2.24, 2.45) is 0 Å². The van der Waals surface area contributed by atoms with Crippen molar-refractivity contribution in [3.05, 3.63) is 40.8 Å². The minimum absolute atomic E-state index is 0.243. The predicted molar refractivity (Wildman–Crippen MR) is 80.4 cm³/mol. The van der Waals surface area contributed by atoms with E-state index in [1.165, 1.54) is 5.56 Å². The lowest BCUT2D eigenvalue weighted by atomic mass is 10.0. The molecule has 0 spiro atoms. The van der Waals surface area contributed by atoms with E-state index in [0.717, 1.165) is 42.3 Å². The van der Waals surface area contributed by atoms with E-state index in [2.05, 4.69) is 29.9 Å². The van der Waals surface area contributed by atoms with Gasteiger partial charge < -0.3 is 4.74 Å². The summed E-state index contributed by atoms with van der Waals surface area (Å²) in [5.41, 5.74) is 3.09. The Hall–Kier alpha value is -1.61. The average Bonchev–Trinajstić information content (AvgIpc) is 2.46. The van der Waals surface area contributed by atoms with Crippen molar-refractivity contribution in [2.75, 3.05) is 6.61 Å². The van der Waals surface area contributed by atoms with Crippen molar-refractivity contribution >= 4 is 11.6 Å². The molecule has 0 aliphatic carbocycles. The molecular formula is C16H17ClN2O. The summed E-state index contributed by atoms with van der Waals surface area (Å²) in [5.74, 6) is 1.96. The van der Waals surface area contributed by atoms with Crippen LogP contribution in [0.25, 0.3) is 11.3 Å². The summed E-state index contributed by atoms with van der Waals surface area (Å²) < 4.78 is 5.85. The number of aryl methyl sites for hydroxylation is 1. The van der Waals surface area contributed by atoms with Gasteiger partial charge in [0.25, 0.3) is 0 Å². The smallest absolute Gasteiger partial charge is 0.133 e. The molecule has 0 amide bonds. The maximum atomic E-state index is 6.14. The molecule has 0 saturated carbocycles. The molecule has 3 rings (SSSR count). The number of benzene rings is 1. The van der Waals surface area contributed by atoms with Gasteiger partial charge >= 0.3 is 0 Å². The lowest BCUT2D eigenvalue weighted by Gasteiger charge is -2.20. The Bertz CT molecular complexity index is 640. The third-order valence-electron chi connectivity index (χ3n) is 3.44. The zero-order valence-electron chi connectivity index (χ0n) is 11.7. The molecular weight excluding hydrogens is 272 g/mol. The van der Waals surface area contributed by atoms with E-state index in [1.807, 2.05) is 12.1 Å². The number of para-hydroxylation sites is 1. The Kier molecular flexibility index (Phi) is 3.62. The third kappa shape index (κ3) is 2.50. The molecule has 0 saturated heterocycles. The molecule has 3 nitrogen and oxygen atoms in total. The summed E-state index contributed by atoms with van der Waals surface area (Å²) in [5, 5.41) is 0.479. The molecule has 2 aromatic rings. The molecule has 0 bridgehead atoms. The van der Waals surface area contributed by atoms with Crippen LogP contribution in [0.2, 0.25) is 5.15 Å². The van der Waals surface area contributed by atoms with Crippen LogP contribution < -0.4 is 4.74 Å². The Morgan fingerprint density at radius 2 is 2.10 bits per heavy atom. The monoisotopic (exact) mass is 288 g/mol. The van der Waals surface area contributed by atoms with E-state index in [0.29, 0.717) is 5.15 Å². The van der Waals surface area contributed by atoms with Gasteiger partial charge in [0.15, 0.2) is 0 Å². The molecule has 4 heteroatoms. The molecule has 0 radical (unpaired) electrons. The highest BCUT2D eigenvalue weighted by atomic mass is 35.5. The predicted octanol–water partition coefficient (Wildman–Crippen LogP) is 4.25. The number of ether oxygens (including phenoxy) is 1. The van der Waals surface area contributed by atoms with Crippen LogP contribution in [0.15, 0.2) is 24.3 Å². The van der Waals surface area contributed by atoms with Crippen molar-refractivity contribution < 1.29 is 4.74 Å². The average molecular weight is 289 g/mol. The highest BCUT2D eigenvalue weighted by Gasteiger charge is 2.17. The van der Waals surface area contributed by atoms with Gasteiger partial charge in [0.2, 0.25) is 0 Å². The first-order valence-corrected chi connectivity index (χ1v) is 7.32. The Balaban J connectivity index is 2.14. The summed E-state index contributed by atoms with van der Waals surface area (Å²) in [6, 6.07) is 8.01. The van der Waals surface area contributed by atoms with Crippen LogP contribution in [-0.4, -0.2) is 16.6 Å². The van der Waals surface area contributed by atoms with Crippen molar-refractivity contribution in [2.45, 2.75) is 32.6 Å². The van der Waals surface area contributed by atoms with Crippen LogP contribution >= 0.6 is 11.6 Å². The summed E-state index contributed by atoms with van der Waals surface area (Å²) in [6.07, 6.45) is 2.12. The summed E-state index contributed by atoms with van der Waals surface area (Å²) in [4.78, 5) is 8.92. The van der Waals surface area contributed by atoms with Gasteiger partial charge in [-0.05, 0) is 24.5 Å². The standard InChI is InChI=1S/C16H17ClN2O/c1-10(2)16-18-13(9-14(17)19-16)12-7-3-5-11-6-4-8-20-15(11)12/h3,5,7,9-10H,4,6,8H2,1-2H3. The number of halogens is 1. The van der Waals surface area contributed by atoms with Gasteiger partial charge in [0.05, 0.1) is 12.3 Å². The van der Waals surface area contributed by atoms with Crippen LogP contribution in [0.4, 0.5) is 0 Å². The second-order valence-corrected chi connectivity index (χ2v) is 5.72. The molecule has 1 aliphatic rings. The number of nitrogens with zero attached hydrogens (tertiary/aromatic N) is 2. The minimum atomic E-state index is 0.243. The molecule has 0 N–H and O–H groups in total. The van der Waals surface area contributed by atoms with Gasteiger partial charge in [0, 0.05) is 17.5 Å². The summed E-state index contributed by atoms with van der Waals surface area (Å²) in [6.45, 7) is 4.89. The zero-order chi connectivity index (χ0) is 14.1. The van der Waals surface area contributed by atoms with Crippen LogP contribution in [-0.2, 0) is 6.42 Å². The summed E-state index contributed by atoms with van der Waals surface area (Å²) in [7, 11) is 0. The maximum Gasteiger partial charge on any atom is 0.133 e. The number of hydrogen-bond acceptors (Lipinski definition) is 3. The van der Waals surface area contributed by atoms with Gasteiger partial charge in [-0.2, -0.15) is 0 Å². The van der Waals surface area contributed by atoms with Crippen molar-refractivity contribution in [3.8, 4) is 17.0 Å². The fourth-order valence-electron chi connectivity index (χ4n) is 2.42. The highest BCUT2D eigenvalue weighted by molar-refractivity contribution is 6.29. The number of hydrogen-bond donors (Lipinski definition) is 0. The van der Waals surface area contributed by atoms with Gasteiger partial charge in [-0.15, -0.1) is 0 Å². The lowest BCUT2D eigenvalue weighted by molar-refractivity contribution is 0.289. The number of aromatic nitrogens is 2. The second kappa shape index (κ2) is 5.41. The molecule has 0 atom stereocenters. The highest BCUT2D eigenvalue weighted by Crippen LogP contribution is 2.36. The van der Waals surface area contributed by atoms with E-state index in [4.69, 9.17) is 16.3 Å². The van der Waals surface area contributed by atoms with E-state index in [-0.39, 0.29) is 5.92 Å². The maximum absolute atomic E-state index is 6.14. The molecule has 2 heterocycles. The number of fused-ring (bicyclic) bond motifs is 1. The van der Waals surface area contributed by atoms with E-state index in [1.54, 1.807) is 6.07 Å². The SMILES string of the molecule is CC(C)c1nc(Cl)cc(-c2cccc3c2OCCC3)n1. The topological polar surface area (TPSA) is 35.0 Å². The first-order chi connectivity index (χ1) is 9.65. The number of rotatable bonds is 2. The van der Waals surface area contributed by atoms with E-state index >= 15 is 0 Å². The molecule has 104 valence electrons. The molecule has 0 fully saturated rings. The molecule has 1 aromatic carbocycles. The molecule has 1 aliphatic heterocycles. The van der Waals surface area contributed by atoms with Crippen molar-refractivity contribution in [1.82, 2.24) is 9.97 Å². The van der Waals surface area contributed by atoms with Gasteiger partial charge in [-0.1, -0.05) is 37.6 Å². The van der Waals surface area contributed by atoms with Gasteiger partial charge in [0.1, 0.15) is 16.7 Å². The van der Waals surface area contributed by atoms with E-state index in [9.17, 15) is 0 Å². The zero-order valence-corrected chi connectivity index (χ0v) is 12.4. The third-order valence-corrected chi connectivity index (χ3v) is 3.63. The molecule has 20 heavy (non-hydrogen) atoms. The minimum Gasteiger partial charge on any atom is -0.493 e. The van der Waals surface area contributed by atoms with Crippen LogP contribution in [0.1, 0.15) is 37.6 Å². The van der Waals surface area contributed by atoms with Crippen molar-refractivity contribution in [1.29, 1.82) is 0 Å². The lowest BCUT2D eigenvalue weighted by Crippen LogP contribution is -2.10. The first-order valence-electron chi connectivity index (χ1n) is 6.94. The molecule has 0 unspecified atom stereocenters. The molecule has 1 aromatic heterocycles. The fourth-order valence-corrected chi connectivity index (χ4v) is 2.61. The largest absolute Gasteiger partial charge is 0.493 e. The Morgan fingerprint density at radius 1 is 1.25 bits per heavy atom. The fraction of sp³-hybridized carbons (Fsp3) is 0.375. The summed E-state index contributed by atoms with van der Waals surface area (Å²) >= 11 is 6.14. The van der Waals surface area contributed by atoms with Crippen molar-refractivity contribution in [3.63, 3.8) is 0 Å². The Labute approximate surface area is 124 Å². The second-order valence-electron chi connectivity index (χ2n) is 5.33. The van der Waals surface area contributed by atoms with E-state index < -0.39 is 0 Å². The van der Waals surface area contributed by atoms with Gasteiger partial charge in [-0.25, -0.2) is 9.97 Å². The quantitative estimate of drug-likeness (QED) is 0.775. The van der Waals surface area contributed by atoms with Crippen LogP contribution in [0, 0.1) is 0 Å². The van der Waals surface area contributed by atoms with Gasteiger partial charge in [-0.3, -0.25) is 0 Å². The van der Waals surface area contributed by atoms with Crippen LogP contribution in [0.5, 0.6) is 5.75 Å². The normalized spacial score (nSPS) is 14.0. The Morgan fingerprint density at radius 3 is 2.90 bits per heavy atom. The first kappa shape index (κ1) is 13.4.